The maximum Gasteiger partial charge on any atom is 0.415 e. The van der Waals surface area contributed by atoms with Crippen molar-refractivity contribution in [2.24, 2.45) is 5.73 Å². The molecule has 1 aliphatic rings. The van der Waals surface area contributed by atoms with Crippen molar-refractivity contribution in [3.05, 3.63) is 29.8 Å². The Kier molecular flexibility index (Phi) is 3.44. The summed E-state index contributed by atoms with van der Waals surface area (Å²) in [5.41, 5.74) is 5.65. The summed E-state index contributed by atoms with van der Waals surface area (Å²) in [4.78, 5) is 25.0. The van der Waals surface area contributed by atoms with E-state index in [0.29, 0.717) is 17.8 Å². The third-order valence-corrected chi connectivity index (χ3v) is 3.08. The van der Waals surface area contributed by atoms with Crippen molar-refractivity contribution in [3.8, 4) is 0 Å². The van der Waals surface area contributed by atoms with Gasteiger partial charge in [0, 0.05) is 6.54 Å². The second kappa shape index (κ2) is 4.89. The standard InChI is InChI=1S/C13H16N2O4/c1-13(7-14)8-15(12(17)19-13)10-6-4-3-5-9(10)11(16)18-2/h3-6H,7-8,14H2,1-2H3. The van der Waals surface area contributed by atoms with Crippen LogP contribution in [0.2, 0.25) is 0 Å². The minimum absolute atomic E-state index is 0.218. The molecule has 0 bridgehead atoms. The number of ether oxygens (including phenoxy) is 2. The third kappa shape index (κ3) is 2.39. The molecule has 6 nitrogen and oxygen atoms in total. The van der Waals surface area contributed by atoms with Crippen molar-refractivity contribution in [1.82, 2.24) is 0 Å². The van der Waals surface area contributed by atoms with Crippen molar-refractivity contribution < 1.29 is 19.1 Å². The second-order valence-electron chi connectivity index (χ2n) is 4.62. The molecule has 1 aromatic carbocycles. The fourth-order valence-electron chi connectivity index (χ4n) is 1.98. The third-order valence-electron chi connectivity index (χ3n) is 3.08. The first kappa shape index (κ1) is 13.4. The van der Waals surface area contributed by atoms with Crippen LogP contribution in [0.5, 0.6) is 0 Å². The second-order valence-corrected chi connectivity index (χ2v) is 4.62. The molecule has 1 aliphatic heterocycles. The van der Waals surface area contributed by atoms with Gasteiger partial charge in [0.15, 0.2) is 0 Å². The number of hydrogen-bond donors (Lipinski definition) is 1. The highest BCUT2D eigenvalue weighted by Crippen LogP contribution is 2.30. The minimum Gasteiger partial charge on any atom is -0.465 e. The van der Waals surface area contributed by atoms with Crippen LogP contribution in [0.3, 0.4) is 0 Å². The van der Waals surface area contributed by atoms with Gasteiger partial charge in [0.2, 0.25) is 0 Å². The molecule has 1 aromatic rings. The number of anilines is 1. The lowest BCUT2D eigenvalue weighted by molar-refractivity contribution is 0.0601. The molecule has 6 heteroatoms. The number of carbonyl (C=O) groups excluding carboxylic acids is 2. The molecule has 0 radical (unpaired) electrons. The lowest BCUT2D eigenvalue weighted by atomic mass is 10.1. The van der Waals surface area contributed by atoms with E-state index in [9.17, 15) is 9.59 Å². The van der Waals surface area contributed by atoms with Crippen molar-refractivity contribution in [2.45, 2.75) is 12.5 Å². The quantitative estimate of drug-likeness (QED) is 0.828. The van der Waals surface area contributed by atoms with Crippen molar-refractivity contribution in [2.75, 3.05) is 25.1 Å². The molecule has 19 heavy (non-hydrogen) atoms. The zero-order chi connectivity index (χ0) is 14.0. The van der Waals surface area contributed by atoms with Crippen LogP contribution in [-0.2, 0) is 9.47 Å². The Bertz CT molecular complexity index is 517. The summed E-state index contributed by atoms with van der Waals surface area (Å²) in [6.07, 6.45) is -0.510. The highest BCUT2D eigenvalue weighted by molar-refractivity contribution is 6.01. The van der Waals surface area contributed by atoms with Gasteiger partial charge in [-0.1, -0.05) is 12.1 Å². The first-order valence-corrected chi connectivity index (χ1v) is 5.89. The van der Waals surface area contributed by atoms with Crippen LogP contribution in [0.15, 0.2) is 24.3 Å². The maximum atomic E-state index is 11.9. The largest absolute Gasteiger partial charge is 0.465 e. The number of amides is 1. The Hall–Kier alpha value is -2.08. The molecule has 0 aromatic heterocycles. The summed E-state index contributed by atoms with van der Waals surface area (Å²) in [5.74, 6) is -0.496. The topological polar surface area (TPSA) is 81.9 Å². The number of hydrogen-bond acceptors (Lipinski definition) is 5. The lowest BCUT2D eigenvalue weighted by Crippen LogP contribution is -2.39. The fourth-order valence-corrected chi connectivity index (χ4v) is 1.98. The van der Waals surface area contributed by atoms with Crippen LogP contribution < -0.4 is 10.6 Å². The van der Waals surface area contributed by atoms with Crippen LogP contribution in [-0.4, -0.2) is 37.9 Å². The van der Waals surface area contributed by atoms with E-state index in [0.717, 1.165) is 0 Å². The Morgan fingerprint density at radius 1 is 1.53 bits per heavy atom. The number of nitrogens with zero attached hydrogens (tertiary/aromatic N) is 1. The van der Waals surface area contributed by atoms with Gasteiger partial charge in [0.05, 0.1) is 24.9 Å². The zero-order valence-corrected chi connectivity index (χ0v) is 10.9. The molecule has 0 saturated carbocycles. The Morgan fingerprint density at radius 2 is 2.21 bits per heavy atom. The predicted molar refractivity (Wildman–Crippen MR) is 69.1 cm³/mol. The molecule has 0 aliphatic carbocycles. The summed E-state index contributed by atoms with van der Waals surface area (Å²) in [7, 11) is 1.30. The highest BCUT2D eigenvalue weighted by atomic mass is 16.6. The van der Waals surface area contributed by atoms with Gasteiger partial charge in [-0.05, 0) is 19.1 Å². The van der Waals surface area contributed by atoms with Gasteiger partial charge in [-0.25, -0.2) is 9.59 Å². The number of carbonyl (C=O) groups is 2. The summed E-state index contributed by atoms with van der Waals surface area (Å²) in [6.45, 7) is 2.28. The van der Waals surface area contributed by atoms with E-state index in [1.165, 1.54) is 12.0 Å². The van der Waals surface area contributed by atoms with Crippen molar-refractivity contribution >= 4 is 17.7 Å². The summed E-state index contributed by atoms with van der Waals surface area (Å²) >= 11 is 0. The first-order valence-electron chi connectivity index (χ1n) is 5.89. The van der Waals surface area contributed by atoms with E-state index in [4.69, 9.17) is 15.2 Å². The molecule has 1 heterocycles. The number of benzene rings is 1. The van der Waals surface area contributed by atoms with E-state index >= 15 is 0 Å². The van der Waals surface area contributed by atoms with Crippen LogP contribution in [0.25, 0.3) is 0 Å². The number of rotatable bonds is 3. The van der Waals surface area contributed by atoms with E-state index < -0.39 is 17.7 Å². The van der Waals surface area contributed by atoms with Crippen LogP contribution >= 0.6 is 0 Å². The predicted octanol–water partition coefficient (Wildman–Crippen LogP) is 1.15. The molecule has 1 saturated heterocycles. The molecule has 1 unspecified atom stereocenters. The van der Waals surface area contributed by atoms with Crippen molar-refractivity contribution in [3.63, 3.8) is 0 Å². The highest BCUT2D eigenvalue weighted by Gasteiger charge is 2.42. The normalized spacial score (nSPS) is 22.3. The molecule has 1 atom stereocenters. The van der Waals surface area contributed by atoms with Gasteiger partial charge >= 0.3 is 12.1 Å². The monoisotopic (exact) mass is 264 g/mol. The zero-order valence-electron chi connectivity index (χ0n) is 10.9. The molecule has 1 fully saturated rings. The lowest BCUT2D eigenvalue weighted by Gasteiger charge is -2.19. The van der Waals surface area contributed by atoms with Crippen LogP contribution in [0.1, 0.15) is 17.3 Å². The summed E-state index contributed by atoms with van der Waals surface area (Å²) in [6, 6.07) is 6.73. The van der Waals surface area contributed by atoms with Crippen LogP contribution in [0.4, 0.5) is 10.5 Å². The molecule has 2 N–H and O–H groups in total. The number of methoxy groups -OCH3 is 1. The van der Waals surface area contributed by atoms with E-state index in [2.05, 4.69) is 0 Å². The number of esters is 1. The Labute approximate surface area is 111 Å². The smallest absolute Gasteiger partial charge is 0.415 e. The van der Waals surface area contributed by atoms with Crippen LogP contribution in [0, 0.1) is 0 Å². The Morgan fingerprint density at radius 3 is 2.79 bits per heavy atom. The summed E-state index contributed by atoms with van der Waals surface area (Å²) < 4.78 is 9.95. The number of para-hydroxylation sites is 1. The molecule has 1 amide bonds. The molecule has 2 rings (SSSR count). The molecule has 102 valence electrons. The average Bonchev–Trinajstić information content (AvgIpc) is 2.74. The Balaban J connectivity index is 2.38. The van der Waals surface area contributed by atoms with Crippen molar-refractivity contribution in [1.29, 1.82) is 0 Å². The fraction of sp³-hybridized carbons (Fsp3) is 0.385. The maximum absolute atomic E-state index is 11.9. The van der Waals surface area contributed by atoms with Gasteiger partial charge in [-0.3, -0.25) is 4.90 Å². The first-order chi connectivity index (χ1) is 9.00. The van der Waals surface area contributed by atoms with E-state index in [1.807, 2.05) is 0 Å². The summed E-state index contributed by atoms with van der Waals surface area (Å²) in [5, 5.41) is 0. The molecular weight excluding hydrogens is 248 g/mol. The molecule has 0 spiro atoms. The van der Waals surface area contributed by atoms with E-state index in [-0.39, 0.29) is 6.54 Å². The van der Waals surface area contributed by atoms with E-state index in [1.54, 1.807) is 31.2 Å². The molecular formula is C13H16N2O4. The van der Waals surface area contributed by atoms with Gasteiger partial charge in [-0.2, -0.15) is 0 Å². The minimum atomic E-state index is -0.736. The SMILES string of the molecule is COC(=O)c1ccccc1N1CC(C)(CN)OC1=O. The van der Waals surface area contributed by atoms with Gasteiger partial charge in [0.25, 0.3) is 0 Å². The van der Waals surface area contributed by atoms with Gasteiger partial charge in [-0.15, -0.1) is 0 Å². The number of cyclic esters (lactones) is 1. The number of nitrogens with two attached hydrogens (primary N) is 1. The van der Waals surface area contributed by atoms with Gasteiger partial charge in [0.1, 0.15) is 5.60 Å². The van der Waals surface area contributed by atoms with Gasteiger partial charge < -0.3 is 15.2 Å². The average molecular weight is 264 g/mol.